The minimum atomic E-state index is -0.906. The minimum absolute atomic E-state index is 0.337. The molecule has 2 aromatic carbocycles. The third kappa shape index (κ3) is 4.53. The van der Waals surface area contributed by atoms with E-state index in [2.05, 4.69) is 5.32 Å². The number of esters is 1. The number of hydrogen-bond donors (Lipinski definition) is 1. The molecule has 1 heterocycles. The summed E-state index contributed by atoms with van der Waals surface area (Å²) in [6.07, 6.45) is 2.84. The molecule has 0 fully saturated rings. The van der Waals surface area contributed by atoms with Gasteiger partial charge in [0.2, 0.25) is 0 Å². The van der Waals surface area contributed by atoms with Crippen molar-refractivity contribution in [1.82, 2.24) is 10.3 Å². The van der Waals surface area contributed by atoms with Gasteiger partial charge in [-0.2, -0.15) is 0 Å². The van der Waals surface area contributed by atoms with Crippen molar-refractivity contribution in [3.8, 4) is 5.75 Å². The fourth-order valence-corrected chi connectivity index (χ4v) is 3.96. The highest BCUT2D eigenvalue weighted by Gasteiger charge is 2.26. The van der Waals surface area contributed by atoms with Gasteiger partial charge in [0.25, 0.3) is 5.91 Å². The van der Waals surface area contributed by atoms with Crippen LogP contribution >= 0.6 is 0 Å². The third-order valence-electron chi connectivity index (χ3n) is 5.65. The standard InChI is InChI=1S/C25H26N2O4/c1-16(24(28)26-15-17-11-13-18(30-2)14-12-17)31-25(29)23-19-7-3-5-9-21(19)27-22-10-6-4-8-20(22)23/h3,5,7,9,11-14,16H,4,6,8,10,15H2,1-2H3,(H,26,28)/t16-/m1/s1. The van der Waals surface area contributed by atoms with Crippen LogP contribution in [0.3, 0.4) is 0 Å². The lowest BCUT2D eigenvalue weighted by atomic mass is 9.90. The molecule has 0 saturated heterocycles. The van der Waals surface area contributed by atoms with Crippen LogP contribution in [0, 0.1) is 0 Å². The lowest BCUT2D eigenvalue weighted by Crippen LogP contribution is -2.35. The second-order valence-electron chi connectivity index (χ2n) is 7.75. The molecule has 0 bridgehead atoms. The Kier molecular flexibility index (Phi) is 6.16. The number of amides is 1. The van der Waals surface area contributed by atoms with Crippen molar-refractivity contribution in [2.24, 2.45) is 0 Å². The number of aryl methyl sites for hydroxylation is 1. The van der Waals surface area contributed by atoms with Crippen LogP contribution in [-0.2, 0) is 28.9 Å². The molecule has 3 aromatic rings. The molecule has 0 saturated carbocycles. The topological polar surface area (TPSA) is 77.5 Å². The van der Waals surface area contributed by atoms with Crippen molar-refractivity contribution < 1.29 is 19.1 Å². The Balaban J connectivity index is 1.48. The van der Waals surface area contributed by atoms with E-state index < -0.39 is 12.1 Å². The van der Waals surface area contributed by atoms with Crippen molar-refractivity contribution in [1.29, 1.82) is 0 Å². The molecule has 0 radical (unpaired) electrons. The third-order valence-corrected chi connectivity index (χ3v) is 5.65. The van der Waals surface area contributed by atoms with Gasteiger partial charge in [-0.05, 0) is 61.9 Å². The molecule has 160 valence electrons. The first-order valence-corrected chi connectivity index (χ1v) is 10.6. The first-order chi connectivity index (χ1) is 15.1. The number of carbonyl (C=O) groups excluding carboxylic acids is 2. The van der Waals surface area contributed by atoms with Gasteiger partial charge in [0, 0.05) is 17.6 Å². The molecule has 6 heteroatoms. The van der Waals surface area contributed by atoms with Crippen LogP contribution in [0.25, 0.3) is 10.9 Å². The van der Waals surface area contributed by atoms with E-state index in [-0.39, 0.29) is 5.91 Å². The minimum Gasteiger partial charge on any atom is -0.497 e. The van der Waals surface area contributed by atoms with E-state index in [0.717, 1.165) is 59.2 Å². The summed E-state index contributed by atoms with van der Waals surface area (Å²) in [5.41, 5.74) is 4.19. The number of methoxy groups -OCH3 is 1. The number of pyridine rings is 1. The first-order valence-electron chi connectivity index (χ1n) is 10.6. The molecule has 1 aliphatic carbocycles. The molecule has 0 aliphatic heterocycles. The number of hydrogen-bond acceptors (Lipinski definition) is 5. The Hall–Kier alpha value is -3.41. The van der Waals surface area contributed by atoms with Gasteiger partial charge < -0.3 is 14.8 Å². The van der Waals surface area contributed by atoms with Gasteiger partial charge >= 0.3 is 5.97 Å². The van der Waals surface area contributed by atoms with Crippen molar-refractivity contribution in [2.45, 2.75) is 45.3 Å². The molecule has 0 unspecified atom stereocenters. The summed E-state index contributed by atoms with van der Waals surface area (Å²) >= 11 is 0. The summed E-state index contributed by atoms with van der Waals surface area (Å²) in [7, 11) is 1.61. The number of aromatic nitrogens is 1. The Morgan fingerprint density at radius 3 is 2.58 bits per heavy atom. The van der Waals surface area contributed by atoms with Gasteiger partial charge in [0.1, 0.15) is 5.75 Å². The summed E-state index contributed by atoms with van der Waals surface area (Å²) in [5, 5.41) is 3.60. The van der Waals surface area contributed by atoms with Crippen molar-refractivity contribution >= 4 is 22.8 Å². The van der Waals surface area contributed by atoms with Crippen LogP contribution in [0.1, 0.15) is 46.9 Å². The predicted molar refractivity (Wildman–Crippen MR) is 118 cm³/mol. The molecule has 4 rings (SSSR count). The van der Waals surface area contributed by atoms with Crippen LogP contribution < -0.4 is 10.1 Å². The highest BCUT2D eigenvalue weighted by Crippen LogP contribution is 2.30. The second-order valence-corrected chi connectivity index (χ2v) is 7.75. The van der Waals surface area contributed by atoms with E-state index in [9.17, 15) is 9.59 Å². The number of benzene rings is 2. The van der Waals surface area contributed by atoms with E-state index in [1.807, 2.05) is 48.5 Å². The van der Waals surface area contributed by atoms with Gasteiger partial charge in [-0.25, -0.2) is 4.79 Å². The second kappa shape index (κ2) is 9.16. The maximum Gasteiger partial charge on any atom is 0.339 e. The summed E-state index contributed by atoms with van der Waals surface area (Å²) < 4.78 is 10.7. The van der Waals surface area contributed by atoms with Gasteiger partial charge in [0.15, 0.2) is 6.10 Å². The highest BCUT2D eigenvalue weighted by molar-refractivity contribution is 6.05. The van der Waals surface area contributed by atoms with Gasteiger partial charge in [-0.3, -0.25) is 9.78 Å². The lowest BCUT2D eigenvalue weighted by molar-refractivity contribution is -0.129. The number of carbonyl (C=O) groups is 2. The SMILES string of the molecule is COc1ccc(CNC(=O)[C@@H](C)OC(=O)c2c3c(nc4ccccc24)CCCC3)cc1. The molecular weight excluding hydrogens is 392 g/mol. The molecule has 1 N–H and O–H groups in total. The summed E-state index contributed by atoms with van der Waals surface area (Å²) in [4.78, 5) is 30.4. The van der Waals surface area contributed by atoms with Crippen LogP contribution in [0.5, 0.6) is 5.75 Å². The molecule has 1 amide bonds. The summed E-state index contributed by atoms with van der Waals surface area (Å²) in [6, 6.07) is 15.0. The summed E-state index contributed by atoms with van der Waals surface area (Å²) in [5.74, 6) is -0.0504. The highest BCUT2D eigenvalue weighted by atomic mass is 16.5. The maximum atomic E-state index is 13.1. The zero-order valence-corrected chi connectivity index (χ0v) is 17.8. The van der Waals surface area contributed by atoms with Crippen molar-refractivity contribution in [3.05, 3.63) is 70.9 Å². The largest absolute Gasteiger partial charge is 0.497 e. The van der Waals surface area contributed by atoms with E-state index in [0.29, 0.717) is 12.1 Å². The average Bonchev–Trinajstić information content (AvgIpc) is 2.81. The molecule has 1 aromatic heterocycles. The molecular formula is C25H26N2O4. The number of ether oxygens (including phenoxy) is 2. The number of para-hydroxylation sites is 1. The van der Waals surface area contributed by atoms with Crippen LogP contribution in [0.4, 0.5) is 0 Å². The molecule has 1 atom stereocenters. The summed E-state index contributed by atoms with van der Waals surface area (Å²) in [6.45, 7) is 1.94. The zero-order chi connectivity index (χ0) is 21.8. The molecule has 1 aliphatic rings. The van der Waals surface area contributed by atoms with Crippen molar-refractivity contribution in [3.63, 3.8) is 0 Å². The number of fused-ring (bicyclic) bond motifs is 2. The van der Waals surface area contributed by atoms with E-state index in [1.54, 1.807) is 14.0 Å². The smallest absolute Gasteiger partial charge is 0.339 e. The van der Waals surface area contributed by atoms with Gasteiger partial charge in [-0.15, -0.1) is 0 Å². The number of nitrogens with one attached hydrogen (secondary N) is 1. The lowest BCUT2D eigenvalue weighted by Gasteiger charge is -2.21. The normalized spacial score (nSPS) is 13.9. The van der Waals surface area contributed by atoms with Crippen LogP contribution in [0.15, 0.2) is 48.5 Å². The van der Waals surface area contributed by atoms with Crippen LogP contribution in [0.2, 0.25) is 0 Å². The Bertz CT molecular complexity index is 1110. The number of nitrogens with zero attached hydrogens (tertiary/aromatic N) is 1. The predicted octanol–water partition coefficient (Wildman–Crippen LogP) is 3.98. The molecule has 0 spiro atoms. The Morgan fingerprint density at radius 1 is 1.06 bits per heavy atom. The van der Waals surface area contributed by atoms with Gasteiger partial charge in [0.05, 0.1) is 18.2 Å². The fraction of sp³-hybridized carbons (Fsp3) is 0.320. The Labute approximate surface area is 181 Å². The van der Waals surface area contributed by atoms with E-state index in [4.69, 9.17) is 14.5 Å². The monoisotopic (exact) mass is 418 g/mol. The number of rotatable bonds is 6. The molecule has 6 nitrogen and oxygen atoms in total. The average molecular weight is 418 g/mol. The molecule has 31 heavy (non-hydrogen) atoms. The van der Waals surface area contributed by atoms with Gasteiger partial charge in [-0.1, -0.05) is 30.3 Å². The van der Waals surface area contributed by atoms with Crippen molar-refractivity contribution in [2.75, 3.05) is 7.11 Å². The van der Waals surface area contributed by atoms with E-state index >= 15 is 0 Å². The van der Waals surface area contributed by atoms with E-state index in [1.165, 1.54) is 0 Å². The van der Waals surface area contributed by atoms with Crippen LogP contribution in [-0.4, -0.2) is 30.1 Å². The first kappa shape index (κ1) is 20.8. The quantitative estimate of drug-likeness (QED) is 0.613. The maximum absolute atomic E-state index is 13.1. The Morgan fingerprint density at radius 2 is 1.81 bits per heavy atom. The zero-order valence-electron chi connectivity index (χ0n) is 17.8. The fourth-order valence-electron chi connectivity index (χ4n) is 3.96.